The summed E-state index contributed by atoms with van der Waals surface area (Å²) < 4.78 is 11.8. The average Bonchev–Trinajstić information content (AvgIpc) is 3.39. The maximum Gasteiger partial charge on any atom is 0.419 e. The first-order valence-corrected chi connectivity index (χ1v) is 11.8. The van der Waals surface area contributed by atoms with E-state index in [1.165, 1.54) is 4.57 Å². The Kier molecular flexibility index (Phi) is 5.35. The van der Waals surface area contributed by atoms with E-state index < -0.39 is 11.9 Å². The van der Waals surface area contributed by atoms with Gasteiger partial charge in [0.2, 0.25) is 5.95 Å². The highest BCUT2D eigenvalue weighted by molar-refractivity contribution is 5.94. The summed E-state index contributed by atoms with van der Waals surface area (Å²) in [7, 11) is 1.66. The molecule has 0 saturated carbocycles. The number of ether oxygens (including phenoxy) is 1. The summed E-state index contributed by atoms with van der Waals surface area (Å²) >= 11 is 0. The van der Waals surface area contributed by atoms with Gasteiger partial charge in [0.1, 0.15) is 6.61 Å². The average molecular weight is 488 g/mol. The van der Waals surface area contributed by atoms with Gasteiger partial charge in [-0.1, -0.05) is 6.07 Å². The number of carbonyl (C=O) groups excluding carboxylic acids is 1. The first-order chi connectivity index (χ1) is 17.4. The van der Waals surface area contributed by atoms with Crippen LogP contribution in [-0.2, 0) is 31.4 Å². The summed E-state index contributed by atoms with van der Waals surface area (Å²) in [5.74, 6) is -0.221. The highest BCUT2D eigenvalue weighted by Crippen LogP contribution is 2.30. The SMILES string of the molecule is Cc1c(C(O)CN2CCc3nc(Nc4ccc5oc(=O)n(C)c5c4)ncc3C2)ccc2c1COC2=O. The van der Waals surface area contributed by atoms with Crippen molar-refractivity contribution in [2.24, 2.45) is 7.05 Å². The van der Waals surface area contributed by atoms with E-state index in [0.717, 1.165) is 46.6 Å². The van der Waals surface area contributed by atoms with Crippen molar-refractivity contribution in [2.75, 3.05) is 18.4 Å². The molecule has 2 aromatic heterocycles. The van der Waals surface area contributed by atoms with Crippen LogP contribution in [0.3, 0.4) is 0 Å². The number of carbonyl (C=O) groups is 1. The van der Waals surface area contributed by atoms with Gasteiger partial charge < -0.3 is 19.6 Å². The molecule has 0 aliphatic carbocycles. The van der Waals surface area contributed by atoms with Crippen LogP contribution in [-0.4, -0.2) is 43.6 Å². The van der Waals surface area contributed by atoms with Gasteiger partial charge in [0.05, 0.1) is 22.9 Å². The number of hydrogen-bond donors (Lipinski definition) is 2. The van der Waals surface area contributed by atoms with Crippen LogP contribution in [0, 0.1) is 6.92 Å². The van der Waals surface area contributed by atoms with Crippen LogP contribution in [0.1, 0.15) is 44.4 Å². The molecule has 0 spiro atoms. The first kappa shape index (κ1) is 22.4. The van der Waals surface area contributed by atoms with Crippen molar-refractivity contribution >= 4 is 28.7 Å². The van der Waals surface area contributed by atoms with Gasteiger partial charge in [-0.15, -0.1) is 0 Å². The van der Waals surface area contributed by atoms with Crippen molar-refractivity contribution < 1.29 is 19.1 Å². The quantitative estimate of drug-likeness (QED) is 0.409. The molecule has 0 amide bonds. The monoisotopic (exact) mass is 487 g/mol. The number of aromatic nitrogens is 3. The molecule has 2 aromatic carbocycles. The zero-order valence-corrected chi connectivity index (χ0v) is 19.9. The molecule has 2 aliphatic heterocycles. The Morgan fingerprint density at radius 1 is 1.22 bits per heavy atom. The molecule has 2 aliphatic rings. The van der Waals surface area contributed by atoms with Gasteiger partial charge in [0, 0.05) is 56.1 Å². The highest BCUT2D eigenvalue weighted by Gasteiger charge is 2.27. The lowest BCUT2D eigenvalue weighted by Gasteiger charge is -2.30. The first-order valence-electron chi connectivity index (χ1n) is 11.8. The Bertz CT molecular complexity index is 1570. The molecule has 10 nitrogen and oxygen atoms in total. The lowest BCUT2D eigenvalue weighted by Crippen LogP contribution is -2.34. The number of rotatable bonds is 5. The van der Waals surface area contributed by atoms with Gasteiger partial charge >= 0.3 is 11.7 Å². The molecule has 0 fully saturated rings. The second-order valence-corrected chi connectivity index (χ2v) is 9.28. The largest absolute Gasteiger partial charge is 0.457 e. The van der Waals surface area contributed by atoms with Crippen LogP contribution in [0.15, 0.2) is 45.7 Å². The van der Waals surface area contributed by atoms with Crippen LogP contribution >= 0.6 is 0 Å². The second-order valence-electron chi connectivity index (χ2n) is 9.28. The van der Waals surface area contributed by atoms with Crippen LogP contribution in [0.5, 0.6) is 0 Å². The molecule has 184 valence electrons. The van der Waals surface area contributed by atoms with Crippen LogP contribution < -0.4 is 11.1 Å². The molecule has 6 rings (SSSR count). The van der Waals surface area contributed by atoms with Crippen molar-refractivity contribution in [1.29, 1.82) is 0 Å². The minimum Gasteiger partial charge on any atom is -0.457 e. The van der Waals surface area contributed by atoms with Crippen LogP contribution in [0.4, 0.5) is 11.6 Å². The summed E-state index contributed by atoms with van der Waals surface area (Å²) in [4.78, 5) is 34.9. The normalized spacial score (nSPS) is 16.0. The van der Waals surface area contributed by atoms with Crippen molar-refractivity contribution in [3.05, 3.63) is 80.6 Å². The second kappa shape index (κ2) is 8.58. The number of fused-ring (bicyclic) bond motifs is 3. The molecule has 4 heterocycles. The Labute approximate surface area is 206 Å². The van der Waals surface area contributed by atoms with Crippen molar-refractivity contribution in [1.82, 2.24) is 19.4 Å². The number of anilines is 2. The Hall–Kier alpha value is -4.02. The number of nitrogens with zero attached hydrogens (tertiary/aromatic N) is 4. The molecule has 1 atom stereocenters. The number of cyclic esters (lactones) is 1. The molecule has 0 bridgehead atoms. The van der Waals surface area contributed by atoms with Crippen LogP contribution in [0.25, 0.3) is 11.1 Å². The van der Waals surface area contributed by atoms with E-state index in [1.54, 1.807) is 19.2 Å². The van der Waals surface area contributed by atoms with Crippen molar-refractivity contribution in [2.45, 2.75) is 32.6 Å². The van der Waals surface area contributed by atoms with Gasteiger partial charge in [-0.3, -0.25) is 9.47 Å². The smallest absolute Gasteiger partial charge is 0.419 e. The number of hydrogen-bond acceptors (Lipinski definition) is 9. The van der Waals surface area contributed by atoms with E-state index in [0.29, 0.717) is 35.7 Å². The zero-order valence-electron chi connectivity index (χ0n) is 19.9. The maximum absolute atomic E-state index is 11.8. The molecule has 0 radical (unpaired) electrons. The third-order valence-corrected chi connectivity index (χ3v) is 7.06. The third kappa shape index (κ3) is 3.84. The van der Waals surface area contributed by atoms with E-state index in [2.05, 4.69) is 15.2 Å². The minimum absolute atomic E-state index is 0.263. The molecule has 0 saturated heterocycles. The number of benzene rings is 2. The number of aliphatic hydroxyl groups excluding tert-OH is 1. The van der Waals surface area contributed by atoms with Gasteiger partial charge in [-0.25, -0.2) is 19.6 Å². The lowest BCUT2D eigenvalue weighted by molar-refractivity contribution is 0.0535. The Balaban J connectivity index is 1.15. The summed E-state index contributed by atoms with van der Waals surface area (Å²) in [6.45, 7) is 4.06. The molecular formula is C26H25N5O5. The van der Waals surface area contributed by atoms with E-state index >= 15 is 0 Å². The topological polar surface area (TPSA) is 123 Å². The summed E-state index contributed by atoms with van der Waals surface area (Å²) in [5, 5.41) is 14.2. The fourth-order valence-corrected chi connectivity index (χ4v) is 5.00. The van der Waals surface area contributed by atoms with Crippen molar-refractivity contribution in [3.8, 4) is 0 Å². The van der Waals surface area contributed by atoms with Gasteiger partial charge in [0.25, 0.3) is 0 Å². The van der Waals surface area contributed by atoms with Crippen LogP contribution in [0.2, 0.25) is 0 Å². The Morgan fingerprint density at radius 2 is 2.08 bits per heavy atom. The molecule has 1 unspecified atom stereocenters. The van der Waals surface area contributed by atoms with Crippen molar-refractivity contribution in [3.63, 3.8) is 0 Å². The number of aliphatic hydroxyl groups is 1. The molecule has 36 heavy (non-hydrogen) atoms. The molecule has 4 aromatic rings. The molecule has 2 N–H and O–H groups in total. The van der Waals surface area contributed by atoms with E-state index in [9.17, 15) is 14.7 Å². The fourth-order valence-electron chi connectivity index (χ4n) is 5.00. The maximum atomic E-state index is 11.8. The zero-order chi connectivity index (χ0) is 25.0. The number of β-amino-alcohol motifs (C(OH)–C–C–N with tert-alkyl or cyclic N) is 1. The fraction of sp³-hybridized carbons (Fsp3) is 0.308. The standard InChI is InChI=1S/C26H25N5O5/c1-14-17(4-5-18-19(14)13-35-24(18)33)22(32)12-31-8-7-20-15(11-31)10-27-25(29-20)28-16-3-6-23-21(9-16)30(2)26(34)36-23/h3-6,9-10,22,32H,7-8,11-13H2,1-2H3,(H,27,28,29). The minimum atomic E-state index is -0.678. The predicted molar refractivity (Wildman–Crippen MR) is 131 cm³/mol. The lowest BCUT2D eigenvalue weighted by atomic mass is 9.95. The number of esters is 1. The van der Waals surface area contributed by atoms with Gasteiger partial charge in [0.15, 0.2) is 5.58 Å². The number of nitrogens with one attached hydrogen (secondary N) is 1. The number of aryl methyl sites for hydroxylation is 1. The van der Waals surface area contributed by atoms with Gasteiger partial charge in [-0.05, 0) is 42.3 Å². The Morgan fingerprint density at radius 3 is 2.94 bits per heavy atom. The summed E-state index contributed by atoms with van der Waals surface area (Å²) in [6.07, 6.45) is 1.88. The third-order valence-electron chi connectivity index (χ3n) is 7.06. The highest BCUT2D eigenvalue weighted by atomic mass is 16.5. The predicted octanol–water partition coefficient (Wildman–Crippen LogP) is 2.74. The number of oxazole rings is 1. The van der Waals surface area contributed by atoms with E-state index in [4.69, 9.17) is 14.1 Å². The molecular weight excluding hydrogens is 462 g/mol. The summed E-state index contributed by atoms with van der Waals surface area (Å²) in [6, 6.07) is 8.96. The summed E-state index contributed by atoms with van der Waals surface area (Å²) in [5.41, 5.74) is 7.16. The molecule has 10 heteroatoms. The van der Waals surface area contributed by atoms with E-state index in [1.807, 2.05) is 31.3 Å². The van der Waals surface area contributed by atoms with E-state index in [-0.39, 0.29) is 12.6 Å². The van der Waals surface area contributed by atoms with Gasteiger partial charge in [-0.2, -0.15) is 0 Å².